The lowest BCUT2D eigenvalue weighted by Gasteiger charge is -2.02. The zero-order valence-corrected chi connectivity index (χ0v) is 7.90. The topological polar surface area (TPSA) is 0 Å². The summed E-state index contributed by atoms with van der Waals surface area (Å²) in [6.45, 7) is 4.32. The Labute approximate surface area is 70.4 Å². The molecule has 0 N–H and O–H groups in total. The lowest BCUT2D eigenvalue weighted by molar-refractivity contribution is 1.10. The SMILES string of the molecule is CCc1cccc(Br)c1C. The smallest absolute Gasteiger partial charge is 0.0207 e. The zero-order valence-electron chi connectivity index (χ0n) is 6.32. The molecule has 0 radical (unpaired) electrons. The van der Waals surface area contributed by atoms with Crippen LogP contribution >= 0.6 is 15.9 Å². The first-order chi connectivity index (χ1) is 4.75. The van der Waals surface area contributed by atoms with E-state index in [1.807, 2.05) is 0 Å². The number of benzene rings is 1. The van der Waals surface area contributed by atoms with Crippen molar-refractivity contribution in [3.63, 3.8) is 0 Å². The molecule has 1 heteroatoms. The van der Waals surface area contributed by atoms with Crippen molar-refractivity contribution < 1.29 is 0 Å². The molecule has 0 amide bonds. The van der Waals surface area contributed by atoms with Gasteiger partial charge >= 0.3 is 0 Å². The van der Waals surface area contributed by atoms with E-state index in [9.17, 15) is 0 Å². The number of rotatable bonds is 1. The van der Waals surface area contributed by atoms with Crippen molar-refractivity contribution in [1.29, 1.82) is 0 Å². The number of aryl methyl sites for hydroxylation is 1. The first-order valence-electron chi connectivity index (χ1n) is 3.49. The number of hydrogen-bond acceptors (Lipinski definition) is 0. The predicted molar refractivity (Wildman–Crippen MR) is 48.3 cm³/mol. The van der Waals surface area contributed by atoms with Gasteiger partial charge in [-0.1, -0.05) is 35.0 Å². The average molecular weight is 199 g/mol. The molecule has 0 bridgehead atoms. The van der Waals surface area contributed by atoms with Gasteiger partial charge in [-0.3, -0.25) is 0 Å². The Bertz CT molecular complexity index is 228. The highest BCUT2D eigenvalue weighted by atomic mass is 79.9. The van der Waals surface area contributed by atoms with Crippen LogP contribution in [0.15, 0.2) is 22.7 Å². The number of hydrogen-bond donors (Lipinski definition) is 0. The molecule has 0 atom stereocenters. The number of halogens is 1. The van der Waals surface area contributed by atoms with Gasteiger partial charge in [-0.2, -0.15) is 0 Å². The fourth-order valence-electron chi connectivity index (χ4n) is 1.04. The molecule has 0 heterocycles. The highest BCUT2D eigenvalue weighted by molar-refractivity contribution is 9.10. The highest BCUT2D eigenvalue weighted by Gasteiger charge is 1.97. The molecule has 0 nitrogen and oxygen atoms in total. The molecular formula is C9H11Br. The second kappa shape index (κ2) is 3.20. The van der Waals surface area contributed by atoms with Gasteiger partial charge in [0.25, 0.3) is 0 Å². The van der Waals surface area contributed by atoms with E-state index in [0.29, 0.717) is 0 Å². The van der Waals surface area contributed by atoms with Crippen molar-refractivity contribution in [2.24, 2.45) is 0 Å². The van der Waals surface area contributed by atoms with Gasteiger partial charge in [-0.15, -0.1) is 0 Å². The van der Waals surface area contributed by atoms with Crippen molar-refractivity contribution in [1.82, 2.24) is 0 Å². The largest absolute Gasteiger partial charge is 0.0613 e. The lowest BCUT2D eigenvalue weighted by atomic mass is 10.1. The Balaban J connectivity index is 3.14. The van der Waals surface area contributed by atoms with Gasteiger partial charge in [-0.05, 0) is 30.5 Å². The Kier molecular flexibility index (Phi) is 2.50. The van der Waals surface area contributed by atoms with Crippen molar-refractivity contribution >= 4 is 15.9 Å². The van der Waals surface area contributed by atoms with E-state index in [4.69, 9.17) is 0 Å². The molecule has 0 saturated heterocycles. The molecule has 1 aromatic rings. The van der Waals surface area contributed by atoms with Crippen molar-refractivity contribution in [3.05, 3.63) is 33.8 Å². The summed E-state index contributed by atoms with van der Waals surface area (Å²) in [4.78, 5) is 0. The molecular weight excluding hydrogens is 188 g/mol. The Morgan fingerprint density at radius 1 is 1.40 bits per heavy atom. The highest BCUT2D eigenvalue weighted by Crippen LogP contribution is 2.19. The van der Waals surface area contributed by atoms with E-state index in [2.05, 4.69) is 48.0 Å². The second-order valence-electron chi connectivity index (χ2n) is 2.38. The van der Waals surface area contributed by atoms with Gasteiger partial charge in [0.05, 0.1) is 0 Å². The normalized spacial score (nSPS) is 9.90. The van der Waals surface area contributed by atoms with Crippen molar-refractivity contribution in [2.75, 3.05) is 0 Å². The average Bonchev–Trinajstić information content (AvgIpc) is 1.95. The second-order valence-corrected chi connectivity index (χ2v) is 3.23. The summed E-state index contributed by atoms with van der Waals surface area (Å²) in [6.07, 6.45) is 1.12. The van der Waals surface area contributed by atoms with E-state index in [-0.39, 0.29) is 0 Å². The van der Waals surface area contributed by atoms with Crippen LogP contribution in [0.25, 0.3) is 0 Å². The van der Waals surface area contributed by atoms with Crippen molar-refractivity contribution in [3.8, 4) is 0 Å². The molecule has 0 aliphatic heterocycles. The third-order valence-corrected chi connectivity index (χ3v) is 2.62. The van der Waals surface area contributed by atoms with E-state index in [1.54, 1.807) is 0 Å². The van der Waals surface area contributed by atoms with Crippen LogP contribution in [-0.2, 0) is 6.42 Å². The van der Waals surface area contributed by atoms with E-state index in [0.717, 1.165) is 6.42 Å². The van der Waals surface area contributed by atoms with Crippen molar-refractivity contribution in [2.45, 2.75) is 20.3 Å². The molecule has 0 spiro atoms. The molecule has 0 saturated carbocycles. The van der Waals surface area contributed by atoms with E-state index < -0.39 is 0 Å². The summed E-state index contributed by atoms with van der Waals surface area (Å²) in [6, 6.07) is 6.32. The molecule has 0 fully saturated rings. The van der Waals surface area contributed by atoms with Gasteiger partial charge in [0, 0.05) is 4.47 Å². The fraction of sp³-hybridized carbons (Fsp3) is 0.333. The molecule has 1 rings (SSSR count). The van der Waals surface area contributed by atoms with Gasteiger partial charge in [0.15, 0.2) is 0 Å². The standard InChI is InChI=1S/C9H11Br/c1-3-8-5-4-6-9(10)7(8)2/h4-6H,3H2,1-2H3. The maximum Gasteiger partial charge on any atom is 0.0207 e. The molecule has 54 valence electrons. The van der Waals surface area contributed by atoms with E-state index >= 15 is 0 Å². The molecule has 0 aromatic heterocycles. The minimum absolute atomic E-state index is 1.12. The maximum absolute atomic E-state index is 3.49. The summed E-state index contributed by atoms with van der Waals surface area (Å²) >= 11 is 3.49. The summed E-state index contributed by atoms with van der Waals surface area (Å²) in [5.41, 5.74) is 2.79. The minimum Gasteiger partial charge on any atom is -0.0613 e. The van der Waals surface area contributed by atoms with Gasteiger partial charge in [-0.25, -0.2) is 0 Å². The molecule has 0 unspecified atom stereocenters. The first-order valence-corrected chi connectivity index (χ1v) is 4.29. The van der Waals surface area contributed by atoms with Crippen LogP contribution in [0, 0.1) is 6.92 Å². The molecule has 0 aliphatic carbocycles. The van der Waals surface area contributed by atoms with Gasteiger partial charge < -0.3 is 0 Å². The molecule has 0 aliphatic rings. The van der Waals surface area contributed by atoms with Crippen LogP contribution in [0.4, 0.5) is 0 Å². The van der Waals surface area contributed by atoms with Crippen LogP contribution < -0.4 is 0 Å². The summed E-state index contributed by atoms with van der Waals surface area (Å²) in [5.74, 6) is 0. The minimum atomic E-state index is 1.12. The Morgan fingerprint density at radius 2 is 2.10 bits per heavy atom. The fourth-order valence-corrected chi connectivity index (χ4v) is 1.44. The quantitative estimate of drug-likeness (QED) is 0.650. The maximum atomic E-state index is 3.49. The first kappa shape index (κ1) is 7.80. The van der Waals surface area contributed by atoms with Crippen LogP contribution in [0.1, 0.15) is 18.1 Å². The Morgan fingerprint density at radius 3 is 2.60 bits per heavy atom. The lowest BCUT2D eigenvalue weighted by Crippen LogP contribution is -1.85. The Hall–Kier alpha value is -0.300. The van der Waals surface area contributed by atoms with Crippen LogP contribution in [0.5, 0.6) is 0 Å². The van der Waals surface area contributed by atoms with Gasteiger partial charge in [0.2, 0.25) is 0 Å². The summed E-state index contributed by atoms with van der Waals surface area (Å²) in [7, 11) is 0. The van der Waals surface area contributed by atoms with Crippen LogP contribution in [-0.4, -0.2) is 0 Å². The van der Waals surface area contributed by atoms with E-state index in [1.165, 1.54) is 15.6 Å². The third-order valence-electron chi connectivity index (χ3n) is 1.76. The predicted octanol–water partition coefficient (Wildman–Crippen LogP) is 3.32. The van der Waals surface area contributed by atoms with Crippen LogP contribution in [0.3, 0.4) is 0 Å². The van der Waals surface area contributed by atoms with Crippen LogP contribution in [0.2, 0.25) is 0 Å². The third kappa shape index (κ3) is 1.40. The molecule has 1 aromatic carbocycles. The summed E-state index contributed by atoms with van der Waals surface area (Å²) < 4.78 is 1.21. The zero-order chi connectivity index (χ0) is 7.56. The summed E-state index contributed by atoms with van der Waals surface area (Å²) in [5, 5.41) is 0. The molecule has 10 heavy (non-hydrogen) atoms. The monoisotopic (exact) mass is 198 g/mol. The van der Waals surface area contributed by atoms with Gasteiger partial charge in [0.1, 0.15) is 0 Å².